The molecule has 0 bridgehead atoms. The van der Waals surface area contributed by atoms with Gasteiger partial charge >= 0.3 is 0 Å². The van der Waals surface area contributed by atoms with E-state index in [2.05, 4.69) is 21.6 Å². The minimum Gasteiger partial charge on any atom is -0.347 e. The third-order valence-corrected chi connectivity index (χ3v) is 2.95. The number of nitrogens with zero attached hydrogens (tertiary/aromatic N) is 2. The molecular weight excluding hydrogens is 186 g/mol. The van der Waals surface area contributed by atoms with Crippen molar-refractivity contribution >= 4 is 17.4 Å². The highest BCUT2D eigenvalue weighted by Gasteiger charge is 2.34. The van der Waals surface area contributed by atoms with Gasteiger partial charge in [0.1, 0.15) is 5.82 Å². The summed E-state index contributed by atoms with van der Waals surface area (Å²) in [5.74, 6) is 1.21. The fourth-order valence-electron chi connectivity index (χ4n) is 1.14. The van der Waals surface area contributed by atoms with E-state index in [4.69, 9.17) is 0 Å². The molecule has 0 saturated heterocycles. The predicted octanol–water partition coefficient (Wildman–Crippen LogP) is 0.985. The van der Waals surface area contributed by atoms with Crippen LogP contribution in [0.15, 0.2) is 0 Å². The first-order valence-electron chi connectivity index (χ1n) is 4.28. The smallest absolute Gasteiger partial charge is 0.282 e. The second-order valence-corrected chi connectivity index (χ2v) is 4.19. The molecule has 0 aliphatic heterocycles. The average Bonchev–Trinajstić information content (AvgIpc) is 2.62. The van der Waals surface area contributed by atoms with Crippen molar-refractivity contribution in [1.82, 2.24) is 14.7 Å². The Morgan fingerprint density at radius 1 is 1.69 bits per heavy atom. The molecule has 1 saturated carbocycles. The molecule has 2 rings (SSSR count). The van der Waals surface area contributed by atoms with E-state index in [9.17, 15) is 4.79 Å². The van der Waals surface area contributed by atoms with E-state index in [0.717, 1.165) is 18.0 Å². The molecule has 2 atom stereocenters. The lowest BCUT2D eigenvalue weighted by molar-refractivity contribution is 0.0949. The maximum atomic E-state index is 11.5. The van der Waals surface area contributed by atoms with Gasteiger partial charge < -0.3 is 5.32 Å². The largest absolute Gasteiger partial charge is 0.347 e. The van der Waals surface area contributed by atoms with E-state index in [-0.39, 0.29) is 5.91 Å². The molecule has 0 aromatic carbocycles. The fourth-order valence-corrected chi connectivity index (χ4v) is 1.72. The Labute approximate surface area is 80.5 Å². The lowest BCUT2D eigenvalue weighted by atomic mass is 10.4. The highest BCUT2D eigenvalue weighted by atomic mass is 32.1. The second-order valence-electron chi connectivity index (χ2n) is 3.44. The van der Waals surface area contributed by atoms with Crippen LogP contribution in [0.25, 0.3) is 0 Å². The number of aryl methyl sites for hydroxylation is 1. The molecule has 4 nitrogen and oxygen atoms in total. The van der Waals surface area contributed by atoms with Crippen molar-refractivity contribution in [3.8, 4) is 0 Å². The molecule has 1 N–H and O–H groups in total. The number of amides is 1. The van der Waals surface area contributed by atoms with Crippen molar-refractivity contribution in [3.05, 3.63) is 10.8 Å². The van der Waals surface area contributed by atoms with Crippen molar-refractivity contribution in [2.75, 3.05) is 0 Å². The van der Waals surface area contributed by atoms with Crippen LogP contribution >= 0.6 is 11.5 Å². The minimum atomic E-state index is -0.0834. The highest BCUT2D eigenvalue weighted by Crippen LogP contribution is 2.29. The molecule has 1 aliphatic rings. The van der Waals surface area contributed by atoms with Crippen LogP contribution in [0, 0.1) is 12.8 Å². The van der Waals surface area contributed by atoms with Gasteiger partial charge in [0.15, 0.2) is 0 Å². The van der Waals surface area contributed by atoms with Crippen molar-refractivity contribution in [3.63, 3.8) is 0 Å². The third kappa shape index (κ3) is 1.85. The molecule has 70 valence electrons. The monoisotopic (exact) mass is 197 g/mol. The number of hydrogen-bond acceptors (Lipinski definition) is 4. The van der Waals surface area contributed by atoms with Crippen LogP contribution in [-0.2, 0) is 0 Å². The first-order valence-corrected chi connectivity index (χ1v) is 5.05. The quantitative estimate of drug-likeness (QED) is 0.769. The number of aromatic nitrogens is 2. The van der Waals surface area contributed by atoms with Crippen LogP contribution in [-0.4, -0.2) is 21.3 Å². The Kier molecular flexibility index (Phi) is 2.03. The summed E-state index contributed by atoms with van der Waals surface area (Å²) in [4.78, 5) is 15.5. The van der Waals surface area contributed by atoms with Gasteiger partial charge in [0.2, 0.25) is 5.01 Å². The van der Waals surface area contributed by atoms with Crippen molar-refractivity contribution < 1.29 is 4.79 Å². The molecule has 0 unspecified atom stereocenters. The molecule has 1 amide bonds. The second kappa shape index (κ2) is 3.06. The zero-order valence-electron chi connectivity index (χ0n) is 7.57. The maximum Gasteiger partial charge on any atom is 0.282 e. The van der Waals surface area contributed by atoms with Crippen LogP contribution in [0.2, 0.25) is 0 Å². The van der Waals surface area contributed by atoms with Crippen LogP contribution in [0.4, 0.5) is 0 Å². The highest BCUT2D eigenvalue weighted by molar-refractivity contribution is 7.07. The fraction of sp³-hybridized carbons (Fsp3) is 0.625. The molecule has 1 fully saturated rings. The lowest BCUT2D eigenvalue weighted by Crippen LogP contribution is -2.26. The molecule has 1 aromatic rings. The number of carbonyl (C=O) groups excluding carboxylic acids is 1. The summed E-state index contributed by atoms with van der Waals surface area (Å²) in [5.41, 5.74) is 0. The van der Waals surface area contributed by atoms with Gasteiger partial charge in [-0.25, -0.2) is 4.98 Å². The van der Waals surface area contributed by atoms with Gasteiger partial charge in [0.05, 0.1) is 0 Å². The van der Waals surface area contributed by atoms with Gasteiger partial charge in [-0.2, -0.15) is 4.37 Å². The summed E-state index contributed by atoms with van der Waals surface area (Å²) >= 11 is 1.16. The molecule has 5 heteroatoms. The zero-order valence-corrected chi connectivity index (χ0v) is 8.39. The lowest BCUT2D eigenvalue weighted by Gasteiger charge is -1.98. The first kappa shape index (κ1) is 8.62. The number of rotatable bonds is 2. The van der Waals surface area contributed by atoms with E-state index < -0.39 is 0 Å². The van der Waals surface area contributed by atoms with E-state index in [1.165, 1.54) is 0 Å². The summed E-state index contributed by atoms with van der Waals surface area (Å²) < 4.78 is 3.95. The Bertz CT molecular complexity index is 336. The summed E-state index contributed by atoms with van der Waals surface area (Å²) in [5, 5.41) is 3.37. The van der Waals surface area contributed by atoms with Crippen LogP contribution in [0.3, 0.4) is 0 Å². The predicted molar refractivity (Wildman–Crippen MR) is 49.7 cm³/mol. The summed E-state index contributed by atoms with van der Waals surface area (Å²) in [6.45, 7) is 3.91. The normalized spacial score (nSPS) is 25.7. The van der Waals surface area contributed by atoms with Gasteiger partial charge in [-0.3, -0.25) is 4.79 Å². The molecule has 1 heterocycles. The van der Waals surface area contributed by atoms with Crippen molar-refractivity contribution in [2.45, 2.75) is 26.3 Å². The summed E-state index contributed by atoms with van der Waals surface area (Å²) in [6.07, 6.45) is 1.09. The molecule has 13 heavy (non-hydrogen) atoms. The van der Waals surface area contributed by atoms with Gasteiger partial charge in [-0.05, 0) is 30.8 Å². The number of nitrogens with one attached hydrogen (secondary N) is 1. The third-order valence-electron chi connectivity index (χ3n) is 2.15. The van der Waals surface area contributed by atoms with Gasteiger partial charge in [-0.15, -0.1) is 0 Å². The van der Waals surface area contributed by atoms with E-state index in [1.807, 2.05) is 0 Å². The van der Waals surface area contributed by atoms with Crippen LogP contribution < -0.4 is 5.32 Å². The van der Waals surface area contributed by atoms with E-state index in [0.29, 0.717) is 22.8 Å². The maximum absolute atomic E-state index is 11.5. The molecule has 1 aromatic heterocycles. The number of hydrogen-bond donors (Lipinski definition) is 1. The average molecular weight is 197 g/mol. The Hall–Kier alpha value is -0.970. The van der Waals surface area contributed by atoms with E-state index >= 15 is 0 Å². The SMILES string of the molecule is Cc1nsc(C(=O)N[C@@H]2C[C@H]2C)n1. The molecule has 0 spiro atoms. The van der Waals surface area contributed by atoms with Crippen LogP contribution in [0.1, 0.15) is 29.0 Å². The molecule has 1 aliphatic carbocycles. The van der Waals surface area contributed by atoms with Gasteiger partial charge in [0.25, 0.3) is 5.91 Å². The molecular formula is C8H11N3OS. The zero-order chi connectivity index (χ0) is 9.42. The standard InChI is InChI=1S/C8H11N3OS/c1-4-3-6(4)10-7(12)8-9-5(2)11-13-8/h4,6H,3H2,1-2H3,(H,10,12)/t4-,6-/m1/s1. The van der Waals surface area contributed by atoms with Crippen LogP contribution in [0.5, 0.6) is 0 Å². The van der Waals surface area contributed by atoms with Crippen molar-refractivity contribution in [2.24, 2.45) is 5.92 Å². The van der Waals surface area contributed by atoms with Crippen molar-refractivity contribution in [1.29, 1.82) is 0 Å². The van der Waals surface area contributed by atoms with E-state index in [1.54, 1.807) is 6.92 Å². The number of carbonyl (C=O) groups is 1. The minimum absolute atomic E-state index is 0.0834. The summed E-state index contributed by atoms with van der Waals surface area (Å²) in [7, 11) is 0. The van der Waals surface area contributed by atoms with Gasteiger partial charge in [0, 0.05) is 6.04 Å². The Balaban J connectivity index is 1.97. The first-order chi connectivity index (χ1) is 6.16. The topological polar surface area (TPSA) is 54.9 Å². The Morgan fingerprint density at radius 2 is 2.38 bits per heavy atom. The Morgan fingerprint density at radius 3 is 2.85 bits per heavy atom. The molecule has 0 radical (unpaired) electrons. The van der Waals surface area contributed by atoms with Gasteiger partial charge in [-0.1, -0.05) is 6.92 Å². The summed E-state index contributed by atoms with van der Waals surface area (Å²) in [6, 6.07) is 0.358.